The van der Waals surface area contributed by atoms with E-state index in [0.29, 0.717) is 6.42 Å². The lowest BCUT2D eigenvalue weighted by Gasteiger charge is -2.16. The van der Waals surface area contributed by atoms with E-state index < -0.39 is 0 Å². The molecule has 0 saturated carbocycles. The Balaban J connectivity index is 1.98. The van der Waals surface area contributed by atoms with E-state index in [4.69, 9.17) is 0 Å². The highest BCUT2D eigenvalue weighted by atomic mass is 15.6. The van der Waals surface area contributed by atoms with Crippen molar-refractivity contribution in [3.8, 4) is 0 Å². The van der Waals surface area contributed by atoms with Gasteiger partial charge in [0.25, 0.3) is 0 Å². The van der Waals surface area contributed by atoms with Gasteiger partial charge in [-0.2, -0.15) is 4.80 Å². The average molecular weight is 268 g/mol. The minimum absolute atomic E-state index is 0.132. The molecule has 1 aromatic carbocycles. The molecule has 0 spiro atoms. The van der Waals surface area contributed by atoms with Crippen LogP contribution in [0.4, 0.5) is 0 Å². The molecule has 1 atom stereocenters. The van der Waals surface area contributed by atoms with E-state index in [1.54, 1.807) is 7.05 Å². The van der Waals surface area contributed by atoms with Crippen LogP contribution in [0.5, 0.6) is 0 Å². The molecule has 2 heterocycles. The number of aromatic nitrogens is 5. The molecule has 3 rings (SSSR count). The van der Waals surface area contributed by atoms with Crippen molar-refractivity contribution in [2.45, 2.75) is 12.5 Å². The molecule has 1 unspecified atom stereocenters. The third-order valence-electron chi connectivity index (χ3n) is 3.34. The topological polar surface area (TPSA) is 68.5 Å². The Morgan fingerprint density at radius 2 is 2.15 bits per heavy atom. The molecule has 0 aliphatic carbocycles. The molecular formula is C14H16N6. The van der Waals surface area contributed by atoms with Gasteiger partial charge in [0.15, 0.2) is 5.82 Å². The number of aryl methyl sites for hydroxylation is 1. The number of nitrogens with one attached hydrogen (secondary N) is 1. The third kappa shape index (κ3) is 2.37. The zero-order valence-corrected chi connectivity index (χ0v) is 11.5. The van der Waals surface area contributed by atoms with Crippen LogP contribution in [0, 0.1) is 0 Å². The van der Waals surface area contributed by atoms with E-state index in [9.17, 15) is 0 Å². The zero-order chi connectivity index (χ0) is 13.9. The molecule has 6 heteroatoms. The lowest BCUT2D eigenvalue weighted by atomic mass is 9.99. The van der Waals surface area contributed by atoms with Crippen LogP contribution in [0.25, 0.3) is 10.9 Å². The molecule has 0 radical (unpaired) electrons. The number of tetrazole rings is 1. The molecule has 0 fully saturated rings. The number of benzene rings is 1. The van der Waals surface area contributed by atoms with Crippen LogP contribution < -0.4 is 5.32 Å². The number of hydrogen-bond donors (Lipinski definition) is 1. The first kappa shape index (κ1) is 12.7. The summed E-state index contributed by atoms with van der Waals surface area (Å²) in [6.45, 7) is 0. The Morgan fingerprint density at radius 3 is 2.90 bits per heavy atom. The van der Waals surface area contributed by atoms with E-state index in [0.717, 1.165) is 16.7 Å². The standard InChI is InChI=1S/C14H16N6/c1-15-13(9-14-17-19-20(2)18-14)11-5-3-7-12-10(11)6-4-8-16-12/h3-8,13,15H,9H2,1-2H3. The van der Waals surface area contributed by atoms with Gasteiger partial charge < -0.3 is 5.32 Å². The van der Waals surface area contributed by atoms with Crippen molar-refractivity contribution >= 4 is 10.9 Å². The summed E-state index contributed by atoms with van der Waals surface area (Å²) in [7, 11) is 3.71. The summed E-state index contributed by atoms with van der Waals surface area (Å²) in [6.07, 6.45) is 2.50. The van der Waals surface area contributed by atoms with Gasteiger partial charge >= 0.3 is 0 Å². The fraction of sp³-hybridized carbons (Fsp3) is 0.286. The van der Waals surface area contributed by atoms with Gasteiger partial charge in [-0.3, -0.25) is 4.98 Å². The largest absolute Gasteiger partial charge is 0.313 e. The second-order valence-electron chi connectivity index (χ2n) is 4.66. The summed E-state index contributed by atoms with van der Waals surface area (Å²) in [5.74, 6) is 0.729. The highest BCUT2D eigenvalue weighted by Crippen LogP contribution is 2.24. The molecule has 0 aliphatic heterocycles. The fourth-order valence-electron chi connectivity index (χ4n) is 2.39. The van der Waals surface area contributed by atoms with Crippen molar-refractivity contribution < 1.29 is 0 Å². The summed E-state index contributed by atoms with van der Waals surface area (Å²) < 4.78 is 0. The van der Waals surface area contributed by atoms with Crippen molar-refractivity contribution in [1.82, 2.24) is 30.5 Å². The summed E-state index contributed by atoms with van der Waals surface area (Å²) in [4.78, 5) is 5.87. The highest BCUT2D eigenvalue weighted by molar-refractivity contribution is 5.82. The first-order chi connectivity index (χ1) is 9.78. The maximum absolute atomic E-state index is 4.39. The van der Waals surface area contributed by atoms with Gasteiger partial charge in [-0.05, 0) is 30.0 Å². The van der Waals surface area contributed by atoms with E-state index in [1.807, 2.05) is 31.4 Å². The van der Waals surface area contributed by atoms with Gasteiger partial charge in [0.05, 0.1) is 12.6 Å². The SMILES string of the molecule is CNC(Cc1nnn(C)n1)c1cccc2ncccc12. The number of likely N-dealkylation sites (N-methyl/N-ethyl adjacent to an activating group) is 1. The fourth-order valence-corrected chi connectivity index (χ4v) is 2.39. The van der Waals surface area contributed by atoms with Crippen LogP contribution in [0.3, 0.4) is 0 Å². The van der Waals surface area contributed by atoms with E-state index in [2.05, 4.69) is 37.8 Å². The van der Waals surface area contributed by atoms with Crippen molar-refractivity contribution in [2.24, 2.45) is 7.05 Å². The van der Waals surface area contributed by atoms with Gasteiger partial charge in [0, 0.05) is 24.0 Å². The minimum atomic E-state index is 0.132. The third-order valence-corrected chi connectivity index (χ3v) is 3.34. The second kappa shape index (κ2) is 5.34. The molecule has 3 aromatic rings. The van der Waals surface area contributed by atoms with Crippen LogP contribution in [-0.4, -0.2) is 32.2 Å². The Kier molecular flexibility index (Phi) is 3.39. The molecule has 0 amide bonds. The first-order valence-electron chi connectivity index (χ1n) is 6.51. The van der Waals surface area contributed by atoms with Crippen LogP contribution in [-0.2, 0) is 13.5 Å². The molecule has 6 nitrogen and oxygen atoms in total. The minimum Gasteiger partial charge on any atom is -0.313 e. The van der Waals surface area contributed by atoms with Gasteiger partial charge in [0.2, 0.25) is 0 Å². The van der Waals surface area contributed by atoms with Crippen molar-refractivity contribution in [1.29, 1.82) is 0 Å². The Hall–Kier alpha value is -2.34. The Bertz CT molecular complexity index is 715. The van der Waals surface area contributed by atoms with Crippen LogP contribution >= 0.6 is 0 Å². The van der Waals surface area contributed by atoms with E-state index in [1.165, 1.54) is 10.4 Å². The molecule has 0 aliphatic rings. The first-order valence-corrected chi connectivity index (χ1v) is 6.51. The molecule has 20 heavy (non-hydrogen) atoms. The normalized spacial score (nSPS) is 12.7. The average Bonchev–Trinajstić information content (AvgIpc) is 2.89. The number of hydrogen-bond acceptors (Lipinski definition) is 5. The van der Waals surface area contributed by atoms with Crippen LogP contribution in [0.1, 0.15) is 17.4 Å². The summed E-state index contributed by atoms with van der Waals surface area (Å²) in [6, 6.07) is 10.3. The Labute approximate surface area is 116 Å². The van der Waals surface area contributed by atoms with Gasteiger partial charge in [-0.25, -0.2) is 0 Å². The van der Waals surface area contributed by atoms with E-state index in [-0.39, 0.29) is 6.04 Å². The van der Waals surface area contributed by atoms with Gasteiger partial charge in [0.1, 0.15) is 0 Å². The van der Waals surface area contributed by atoms with Gasteiger partial charge in [-0.15, -0.1) is 10.2 Å². The van der Waals surface area contributed by atoms with Crippen molar-refractivity contribution in [3.63, 3.8) is 0 Å². The van der Waals surface area contributed by atoms with E-state index >= 15 is 0 Å². The lowest BCUT2D eigenvalue weighted by Crippen LogP contribution is -2.20. The maximum Gasteiger partial charge on any atom is 0.176 e. The summed E-state index contributed by atoms with van der Waals surface area (Å²) in [5, 5.41) is 16.6. The molecule has 102 valence electrons. The molecule has 0 bridgehead atoms. The van der Waals surface area contributed by atoms with Crippen LogP contribution in [0.15, 0.2) is 36.5 Å². The number of nitrogens with zero attached hydrogens (tertiary/aromatic N) is 5. The molecule has 1 N–H and O–H groups in total. The molecule has 2 aromatic heterocycles. The monoisotopic (exact) mass is 268 g/mol. The lowest BCUT2D eigenvalue weighted by molar-refractivity contribution is 0.573. The zero-order valence-electron chi connectivity index (χ0n) is 11.5. The predicted molar refractivity (Wildman–Crippen MR) is 76.0 cm³/mol. The van der Waals surface area contributed by atoms with Crippen molar-refractivity contribution in [2.75, 3.05) is 7.05 Å². The maximum atomic E-state index is 4.39. The number of rotatable bonds is 4. The second-order valence-corrected chi connectivity index (χ2v) is 4.66. The number of pyridine rings is 1. The molecule has 0 saturated heterocycles. The summed E-state index contributed by atoms with van der Waals surface area (Å²) >= 11 is 0. The van der Waals surface area contributed by atoms with Gasteiger partial charge in [-0.1, -0.05) is 18.2 Å². The predicted octanol–water partition coefficient (Wildman–Crippen LogP) is 1.26. The van der Waals surface area contributed by atoms with Crippen LogP contribution in [0.2, 0.25) is 0 Å². The van der Waals surface area contributed by atoms with Crippen molar-refractivity contribution in [3.05, 3.63) is 47.9 Å². The molecular weight excluding hydrogens is 252 g/mol. The Morgan fingerprint density at radius 1 is 1.25 bits per heavy atom. The summed E-state index contributed by atoms with van der Waals surface area (Å²) in [5.41, 5.74) is 2.20. The number of fused-ring (bicyclic) bond motifs is 1. The quantitative estimate of drug-likeness (QED) is 0.771. The smallest absolute Gasteiger partial charge is 0.176 e. The highest BCUT2D eigenvalue weighted by Gasteiger charge is 2.15.